The second-order valence-corrected chi connectivity index (χ2v) is 2.78. The molecule has 4 nitrogen and oxygen atoms in total. The fourth-order valence-corrected chi connectivity index (χ4v) is 1.25. The van der Waals surface area contributed by atoms with Crippen LogP contribution in [-0.2, 0) is 4.79 Å². The minimum atomic E-state index is -0.0628. The predicted octanol–water partition coefficient (Wildman–Crippen LogP) is -1.20. The van der Waals surface area contributed by atoms with E-state index in [1.807, 2.05) is 0 Å². The van der Waals surface area contributed by atoms with E-state index in [1.54, 1.807) is 11.9 Å². The summed E-state index contributed by atoms with van der Waals surface area (Å²) in [4.78, 5) is 12.9. The molecule has 0 saturated carbocycles. The molecule has 1 rings (SSSR count). The van der Waals surface area contributed by atoms with Crippen LogP contribution in [0.1, 0.15) is 6.42 Å². The van der Waals surface area contributed by atoms with Gasteiger partial charge in [0.15, 0.2) is 0 Å². The summed E-state index contributed by atoms with van der Waals surface area (Å²) in [5.41, 5.74) is 0. The number of likely N-dealkylation sites (N-methyl/N-ethyl adjacent to an activating group) is 1. The van der Waals surface area contributed by atoms with Crippen molar-refractivity contribution in [1.82, 2.24) is 10.2 Å². The van der Waals surface area contributed by atoms with Crippen molar-refractivity contribution in [2.75, 3.05) is 26.7 Å². The van der Waals surface area contributed by atoms with Gasteiger partial charge in [-0.1, -0.05) is 0 Å². The Kier molecular flexibility index (Phi) is 2.84. The number of nitrogens with zero attached hydrogens (tertiary/aromatic N) is 1. The first-order valence-electron chi connectivity index (χ1n) is 3.85. The molecule has 1 unspecified atom stereocenters. The summed E-state index contributed by atoms with van der Waals surface area (Å²) in [7, 11) is 1.79. The monoisotopic (exact) mass is 158 g/mol. The molecule has 0 aliphatic carbocycles. The third kappa shape index (κ3) is 1.91. The maximum atomic E-state index is 11.2. The van der Waals surface area contributed by atoms with Gasteiger partial charge in [0.05, 0.1) is 12.6 Å². The van der Waals surface area contributed by atoms with Gasteiger partial charge in [0.25, 0.3) is 0 Å². The normalized spacial score (nSPS) is 24.7. The molecule has 1 saturated heterocycles. The molecule has 1 atom stereocenters. The van der Waals surface area contributed by atoms with Crippen molar-refractivity contribution in [3.63, 3.8) is 0 Å². The van der Waals surface area contributed by atoms with Crippen molar-refractivity contribution >= 4 is 5.91 Å². The van der Waals surface area contributed by atoms with Crippen LogP contribution in [0.2, 0.25) is 0 Å². The zero-order valence-electron chi connectivity index (χ0n) is 6.71. The molecule has 0 aromatic heterocycles. The highest BCUT2D eigenvalue weighted by atomic mass is 16.3. The highest BCUT2D eigenvalue weighted by Crippen LogP contribution is 2.07. The van der Waals surface area contributed by atoms with Crippen LogP contribution in [0.3, 0.4) is 0 Å². The molecule has 11 heavy (non-hydrogen) atoms. The summed E-state index contributed by atoms with van der Waals surface area (Å²) in [5.74, 6) is 0.137. The third-order valence-corrected chi connectivity index (χ3v) is 1.93. The van der Waals surface area contributed by atoms with E-state index < -0.39 is 0 Å². The molecule has 2 N–H and O–H groups in total. The van der Waals surface area contributed by atoms with Gasteiger partial charge in [-0.2, -0.15) is 0 Å². The predicted molar refractivity (Wildman–Crippen MR) is 41.1 cm³/mol. The Morgan fingerprint density at radius 1 is 1.82 bits per heavy atom. The van der Waals surface area contributed by atoms with Crippen LogP contribution in [0.5, 0.6) is 0 Å². The SMILES string of the molecule is CN1CCC(NCCO)C1=O. The number of aliphatic hydroxyl groups excluding tert-OH is 1. The summed E-state index contributed by atoms with van der Waals surface area (Å²) in [6.07, 6.45) is 0.856. The number of carbonyl (C=O) groups is 1. The Bertz CT molecular complexity index is 149. The maximum Gasteiger partial charge on any atom is 0.239 e. The van der Waals surface area contributed by atoms with Crippen molar-refractivity contribution < 1.29 is 9.90 Å². The summed E-state index contributed by atoms with van der Waals surface area (Å²) in [6.45, 7) is 1.42. The average molecular weight is 158 g/mol. The third-order valence-electron chi connectivity index (χ3n) is 1.93. The number of hydrogen-bond acceptors (Lipinski definition) is 3. The molecule has 0 bridgehead atoms. The first-order chi connectivity index (χ1) is 5.25. The molecule has 4 heteroatoms. The lowest BCUT2D eigenvalue weighted by Gasteiger charge is -2.10. The Hall–Kier alpha value is -0.610. The number of amides is 1. The number of carbonyl (C=O) groups excluding carboxylic acids is 1. The minimum absolute atomic E-state index is 0.0628. The number of likely N-dealkylation sites (tertiary alicyclic amines) is 1. The molecule has 1 aliphatic rings. The van der Waals surface area contributed by atoms with Gasteiger partial charge in [-0.15, -0.1) is 0 Å². The van der Waals surface area contributed by atoms with Crippen molar-refractivity contribution in [3.8, 4) is 0 Å². The second kappa shape index (κ2) is 3.69. The van der Waals surface area contributed by atoms with Gasteiger partial charge in [0.1, 0.15) is 0 Å². The van der Waals surface area contributed by atoms with E-state index >= 15 is 0 Å². The Morgan fingerprint density at radius 3 is 3.00 bits per heavy atom. The Labute approximate surface area is 66.2 Å². The van der Waals surface area contributed by atoms with E-state index in [0.29, 0.717) is 6.54 Å². The molecule has 0 radical (unpaired) electrons. The smallest absolute Gasteiger partial charge is 0.239 e. The number of rotatable bonds is 3. The number of nitrogens with one attached hydrogen (secondary N) is 1. The molecule has 1 amide bonds. The minimum Gasteiger partial charge on any atom is -0.395 e. The average Bonchev–Trinajstić information content (AvgIpc) is 2.31. The fourth-order valence-electron chi connectivity index (χ4n) is 1.25. The first kappa shape index (κ1) is 8.49. The van der Waals surface area contributed by atoms with E-state index in [9.17, 15) is 4.79 Å². The summed E-state index contributed by atoms with van der Waals surface area (Å²) in [6, 6.07) is -0.0628. The van der Waals surface area contributed by atoms with Gasteiger partial charge in [0, 0.05) is 20.1 Å². The van der Waals surface area contributed by atoms with E-state index in [0.717, 1.165) is 13.0 Å². The van der Waals surface area contributed by atoms with E-state index in [1.165, 1.54) is 0 Å². The van der Waals surface area contributed by atoms with Crippen molar-refractivity contribution in [3.05, 3.63) is 0 Å². The zero-order valence-corrected chi connectivity index (χ0v) is 6.71. The van der Waals surface area contributed by atoms with Gasteiger partial charge < -0.3 is 15.3 Å². The highest BCUT2D eigenvalue weighted by molar-refractivity contribution is 5.83. The van der Waals surface area contributed by atoms with Crippen molar-refractivity contribution in [2.24, 2.45) is 0 Å². The number of hydrogen-bond donors (Lipinski definition) is 2. The van der Waals surface area contributed by atoms with Crippen LogP contribution < -0.4 is 5.32 Å². The Balaban J connectivity index is 2.30. The topological polar surface area (TPSA) is 52.6 Å². The van der Waals surface area contributed by atoms with E-state index in [4.69, 9.17) is 5.11 Å². The second-order valence-electron chi connectivity index (χ2n) is 2.78. The molecule has 1 aliphatic heterocycles. The Morgan fingerprint density at radius 2 is 2.55 bits per heavy atom. The number of aliphatic hydroxyl groups is 1. The molecule has 1 fully saturated rings. The van der Waals surface area contributed by atoms with Gasteiger partial charge in [-0.25, -0.2) is 0 Å². The van der Waals surface area contributed by atoms with Crippen LogP contribution in [0.4, 0.5) is 0 Å². The molecule has 1 heterocycles. The first-order valence-corrected chi connectivity index (χ1v) is 3.85. The lowest BCUT2D eigenvalue weighted by Crippen LogP contribution is -2.38. The van der Waals surface area contributed by atoms with Crippen LogP contribution >= 0.6 is 0 Å². The standard InChI is InChI=1S/C7H14N2O2/c1-9-4-2-6(7(9)11)8-3-5-10/h6,8,10H,2-5H2,1H3. The quantitative estimate of drug-likeness (QED) is 0.542. The van der Waals surface area contributed by atoms with Crippen LogP contribution in [-0.4, -0.2) is 48.7 Å². The van der Waals surface area contributed by atoms with Gasteiger partial charge in [0.2, 0.25) is 5.91 Å². The van der Waals surface area contributed by atoms with Crippen molar-refractivity contribution in [2.45, 2.75) is 12.5 Å². The molecule has 64 valence electrons. The highest BCUT2D eigenvalue weighted by Gasteiger charge is 2.27. The fraction of sp³-hybridized carbons (Fsp3) is 0.857. The molecule has 0 aromatic carbocycles. The lowest BCUT2D eigenvalue weighted by atomic mass is 10.2. The maximum absolute atomic E-state index is 11.2. The van der Waals surface area contributed by atoms with Gasteiger partial charge >= 0.3 is 0 Å². The molecular formula is C7H14N2O2. The molecule has 0 spiro atoms. The van der Waals surface area contributed by atoms with E-state index in [-0.39, 0.29) is 18.6 Å². The van der Waals surface area contributed by atoms with Gasteiger partial charge in [-0.3, -0.25) is 4.79 Å². The van der Waals surface area contributed by atoms with Crippen LogP contribution in [0, 0.1) is 0 Å². The lowest BCUT2D eigenvalue weighted by molar-refractivity contribution is -0.128. The summed E-state index contributed by atoms with van der Waals surface area (Å²) in [5, 5.41) is 11.5. The van der Waals surface area contributed by atoms with Gasteiger partial charge in [-0.05, 0) is 6.42 Å². The summed E-state index contributed by atoms with van der Waals surface area (Å²) < 4.78 is 0. The molecular weight excluding hydrogens is 144 g/mol. The van der Waals surface area contributed by atoms with E-state index in [2.05, 4.69) is 5.32 Å². The van der Waals surface area contributed by atoms with Crippen molar-refractivity contribution in [1.29, 1.82) is 0 Å². The largest absolute Gasteiger partial charge is 0.395 e. The molecule has 0 aromatic rings. The zero-order chi connectivity index (χ0) is 8.27. The van der Waals surface area contributed by atoms with Crippen LogP contribution in [0.15, 0.2) is 0 Å². The summed E-state index contributed by atoms with van der Waals surface area (Å²) >= 11 is 0. The van der Waals surface area contributed by atoms with Crippen LogP contribution in [0.25, 0.3) is 0 Å².